The molecule has 4 aromatic rings. The summed E-state index contributed by atoms with van der Waals surface area (Å²) < 4.78 is 0. The Morgan fingerprint density at radius 3 is 2.40 bits per heavy atom. The van der Waals surface area contributed by atoms with Crippen molar-refractivity contribution in [3.63, 3.8) is 0 Å². The number of aryl methyl sites for hydroxylation is 2. The lowest BCUT2D eigenvalue weighted by Gasteiger charge is -2.12. The summed E-state index contributed by atoms with van der Waals surface area (Å²) in [6, 6.07) is 18.7. The molecule has 0 saturated carbocycles. The molecule has 0 spiro atoms. The second kappa shape index (κ2) is 8.22. The normalized spacial score (nSPS) is 10.8. The summed E-state index contributed by atoms with van der Waals surface area (Å²) in [6.07, 6.45) is 0. The van der Waals surface area contributed by atoms with Crippen molar-refractivity contribution < 1.29 is 4.79 Å². The Kier molecular flexibility index (Phi) is 5.48. The maximum absolute atomic E-state index is 12.5. The van der Waals surface area contributed by atoms with Crippen molar-refractivity contribution in [2.45, 2.75) is 13.8 Å². The molecule has 0 bridgehead atoms. The number of carbonyl (C=O) groups excluding carboxylic acids is 1. The number of hydrogen-bond acceptors (Lipinski definition) is 4. The van der Waals surface area contributed by atoms with E-state index in [0.29, 0.717) is 27.3 Å². The van der Waals surface area contributed by atoms with Crippen LogP contribution in [0.25, 0.3) is 16.7 Å². The Morgan fingerprint density at radius 2 is 1.70 bits per heavy atom. The van der Waals surface area contributed by atoms with Gasteiger partial charge in [-0.2, -0.15) is 4.80 Å². The molecule has 1 aromatic heterocycles. The molecule has 6 nitrogen and oxygen atoms in total. The third-order valence-electron chi connectivity index (χ3n) is 4.56. The van der Waals surface area contributed by atoms with Crippen molar-refractivity contribution in [2.24, 2.45) is 0 Å². The first-order chi connectivity index (χ1) is 14.4. The van der Waals surface area contributed by atoms with E-state index < -0.39 is 0 Å². The number of carbonyl (C=O) groups is 1. The van der Waals surface area contributed by atoms with Crippen LogP contribution in [0.2, 0.25) is 5.02 Å². The molecule has 3 aromatic carbocycles. The van der Waals surface area contributed by atoms with E-state index in [4.69, 9.17) is 23.8 Å². The van der Waals surface area contributed by atoms with Crippen molar-refractivity contribution in [2.75, 3.05) is 5.32 Å². The van der Waals surface area contributed by atoms with Gasteiger partial charge in [0.05, 0.1) is 16.4 Å². The largest absolute Gasteiger partial charge is 0.331 e. The van der Waals surface area contributed by atoms with Gasteiger partial charge in [0.15, 0.2) is 5.11 Å². The van der Waals surface area contributed by atoms with Crippen molar-refractivity contribution in [1.29, 1.82) is 0 Å². The molecular formula is C22H18ClN5OS. The van der Waals surface area contributed by atoms with Gasteiger partial charge in [0.25, 0.3) is 5.91 Å². The number of nitrogens with one attached hydrogen (secondary N) is 2. The molecule has 1 amide bonds. The number of aromatic nitrogens is 3. The van der Waals surface area contributed by atoms with E-state index in [1.54, 1.807) is 23.0 Å². The molecule has 0 radical (unpaired) electrons. The fourth-order valence-corrected chi connectivity index (χ4v) is 3.51. The minimum absolute atomic E-state index is 0.150. The number of halogens is 1. The van der Waals surface area contributed by atoms with Crippen molar-refractivity contribution in [3.8, 4) is 5.69 Å². The number of para-hydroxylation sites is 1. The Hall–Kier alpha value is -3.29. The summed E-state index contributed by atoms with van der Waals surface area (Å²) in [7, 11) is 0. The summed E-state index contributed by atoms with van der Waals surface area (Å²) in [5.41, 5.74) is 5.22. The van der Waals surface area contributed by atoms with Crippen LogP contribution in [0.5, 0.6) is 0 Å². The van der Waals surface area contributed by atoms with E-state index in [0.717, 1.165) is 16.8 Å². The first kappa shape index (κ1) is 20.0. The predicted octanol–water partition coefficient (Wildman–Crippen LogP) is 4.82. The van der Waals surface area contributed by atoms with E-state index >= 15 is 0 Å². The standard InChI is InChI=1S/C22H18ClN5OS/c1-13-8-9-16(14(2)10-13)21(29)25-22(30)24-18-12-20-19(11-17(18)23)26-28(27-20)15-6-4-3-5-7-15/h3-12H,1-2H3,(H2,24,25,29,30). The maximum Gasteiger partial charge on any atom is 0.257 e. The van der Waals surface area contributed by atoms with Gasteiger partial charge in [-0.15, -0.1) is 10.2 Å². The van der Waals surface area contributed by atoms with Gasteiger partial charge in [-0.1, -0.05) is 47.5 Å². The van der Waals surface area contributed by atoms with E-state index in [9.17, 15) is 4.79 Å². The van der Waals surface area contributed by atoms with Gasteiger partial charge in [-0.25, -0.2) is 0 Å². The Morgan fingerprint density at radius 1 is 1.00 bits per heavy atom. The summed E-state index contributed by atoms with van der Waals surface area (Å²) in [5.74, 6) is -0.280. The zero-order valence-electron chi connectivity index (χ0n) is 16.3. The van der Waals surface area contributed by atoms with Crippen molar-refractivity contribution in [3.05, 3.63) is 82.4 Å². The average Bonchev–Trinajstić information content (AvgIpc) is 3.11. The number of rotatable bonds is 3. The van der Waals surface area contributed by atoms with Crippen LogP contribution in [0, 0.1) is 13.8 Å². The molecule has 0 unspecified atom stereocenters. The van der Waals surface area contributed by atoms with Gasteiger partial charge >= 0.3 is 0 Å². The molecular weight excluding hydrogens is 418 g/mol. The van der Waals surface area contributed by atoms with Crippen LogP contribution >= 0.6 is 23.8 Å². The number of fused-ring (bicyclic) bond motifs is 1. The third kappa shape index (κ3) is 4.17. The number of benzene rings is 3. The van der Waals surface area contributed by atoms with Crippen LogP contribution < -0.4 is 10.6 Å². The fourth-order valence-electron chi connectivity index (χ4n) is 3.10. The smallest absolute Gasteiger partial charge is 0.257 e. The topological polar surface area (TPSA) is 71.8 Å². The summed E-state index contributed by atoms with van der Waals surface area (Å²) in [6.45, 7) is 3.87. The predicted molar refractivity (Wildman–Crippen MR) is 123 cm³/mol. The minimum atomic E-state index is -0.280. The Labute approximate surface area is 183 Å². The van der Waals surface area contributed by atoms with Gasteiger partial charge in [0.2, 0.25) is 0 Å². The molecule has 0 saturated heterocycles. The second-order valence-electron chi connectivity index (χ2n) is 6.87. The van der Waals surface area contributed by atoms with Crippen LogP contribution in [0.3, 0.4) is 0 Å². The van der Waals surface area contributed by atoms with E-state index in [1.807, 2.05) is 56.3 Å². The molecule has 0 atom stereocenters. The number of nitrogens with zero attached hydrogens (tertiary/aromatic N) is 3. The quantitative estimate of drug-likeness (QED) is 0.451. The minimum Gasteiger partial charge on any atom is -0.331 e. The number of anilines is 1. The van der Waals surface area contributed by atoms with Gasteiger partial charge in [-0.05, 0) is 62.0 Å². The molecule has 8 heteroatoms. The zero-order chi connectivity index (χ0) is 21.3. The summed E-state index contributed by atoms with van der Waals surface area (Å²) in [4.78, 5) is 14.1. The van der Waals surface area contributed by atoms with Gasteiger partial charge in [0, 0.05) is 5.56 Å². The summed E-state index contributed by atoms with van der Waals surface area (Å²) in [5, 5.41) is 15.2. The van der Waals surface area contributed by atoms with E-state index in [1.165, 1.54) is 0 Å². The molecule has 4 rings (SSSR count). The molecule has 0 aliphatic carbocycles. The molecule has 0 aliphatic heterocycles. The Bertz CT molecular complexity index is 1270. The highest BCUT2D eigenvalue weighted by atomic mass is 35.5. The monoisotopic (exact) mass is 435 g/mol. The molecule has 1 heterocycles. The van der Waals surface area contributed by atoms with Gasteiger partial charge in [0.1, 0.15) is 11.0 Å². The van der Waals surface area contributed by atoms with Crippen LogP contribution in [-0.2, 0) is 0 Å². The lowest BCUT2D eigenvalue weighted by atomic mass is 10.1. The number of amides is 1. The van der Waals surface area contributed by atoms with Crippen LogP contribution in [0.15, 0.2) is 60.7 Å². The van der Waals surface area contributed by atoms with Crippen LogP contribution in [0.4, 0.5) is 5.69 Å². The number of hydrogen-bond donors (Lipinski definition) is 2. The zero-order valence-corrected chi connectivity index (χ0v) is 17.9. The first-order valence-corrected chi connectivity index (χ1v) is 10.0. The maximum atomic E-state index is 12.5. The van der Waals surface area contributed by atoms with Crippen molar-refractivity contribution >= 4 is 51.6 Å². The molecule has 150 valence electrons. The van der Waals surface area contributed by atoms with Crippen LogP contribution in [-0.4, -0.2) is 26.0 Å². The fraction of sp³-hybridized carbons (Fsp3) is 0.0909. The van der Waals surface area contributed by atoms with E-state index in [2.05, 4.69) is 20.8 Å². The van der Waals surface area contributed by atoms with Gasteiger partial charge in [-0.3, -0.25) is 10.1 Å². The average molecular weight is 436 g/mol. The highest BCUT2D eigenvalue weighted by molar-refractivity contribution is 7.80. The molecule has 0 fully saturated rings. The Balaban J connectivity index is 1.53. The van der Waals surface area contributed by atoms with Crippen LogP contribution in [0.1, 0.15) is 21.5 Å². The highest BCUT2D eigenvalue weighted by Gasteiger charge is 2.14. The van der Waals surface area contributed by atoms with Crippen molar-refractivity contribution in [1.82, 2.24) is 20.3 Å². The third-order valence-corrected chi connectivity index (χ3v) is 5.07. The second-order valence-corrected chi connectivity index (χ2v) is 7.69. The highest BCUT2D eigenvalue weighted by Crippen LogP contribution is 2.27. The lowest BCUT2D eigenvalue weighted by Crippen LogP contribution is -2.34. The molecule has 2 N–H and O–H groups in total. The number of thiocarbonyl (C=S) groups is 1. The van der Waals surface area contributed by atoms with Gasteiger partial charge < -0.3 is 5.32 Å². The molecule has 30 heavy (non-hydrogen) atoms. The SMILES string of the molecule is Cc1ccc(C(=O)NC(=S)Nc2cc3nn(-c4ccccc4)nc3cc2Cl)c(C)c1. The first-order valence-electron chi connectivity index (χ1n) is 9.22. The molecule has 0 aliphatic rings. The van der Waals surface area contributed by atoms with E-state index in [-0.39, 0.29) is 11.0 Å². The summed E-state index contributed by atoms with van der Waals surface area (Å²) >= 11 is 11.7. The lowest BCUT2D eigenvalue weighted by molar-refractivity contribution is 0.0977.